The van der Waals surface area contributed by atoms with Crippen molar-refractivity contribution >= 4 is 50.3 Å². The zero-order chi connectivity index (χ0) is 22.4. The van der Waals surface area contributed by atoms with Crippen LogP contribution in [0.4, 0.5) is 0 Å². The molecule has 3 aromatic rings. The molecule has 0 fully saturated rings. The molecule has 0 spiro atoms. The fraction of sp³-hybridized carbons (Fsp3) is 0.250. The number of aryl methyl sites for hydroxylation is 1. The van der Waals surface area contributed by atoms with Gasteiger partial charge in [-0.15, -0.1) is 11.8 Å². The van der Waals surface area contributed by atoms with Crippen molar-refractivity contribution in [2.24, 2.45) is 0 Å². The smallest absolute Gasteiger partial charge is 0.242 e. The van der Waals surface area contributed by atoms with Crippen LogP contribution in [0.1, 0.15) is 11.1 Å². The third kappa shape index (κ3) is 5.80. The van der Waals surface area contributed by atoms with E-state index in [0.717, 1.165) is 37.0 Å². The summed E-state index contributed by atoms with van der Waals surface area (Å²) in [5, 5.41) is 7.74. The first-order valence-electron chi connectivity index (χ1n) is 9.87. The number of benzene rings is 3. The van der Waals surface area contributed by atoms with Gasteiger partial charge in [-0.2, -0.15) is 0 Å². The molecular weight excluding hydrogens is 476 g/mol. The molecule has 3 rings (SSSR count). The highest BCUT2D eigenvalue weighted by Gasteiger charge is 2.21. The van der Waals surface area contributed by atoms with Gasteiger partial charge in [0.05, 0.1) is 12.9 Å². The fourth-order valence-electron chi connectivity index (χ4n) is 3.31. The molecule has 2 N–H and O–H groups in total. The zero-order valence-corrected chi connectivity index (χ0v) is 20.1. The molecule has 0 aliphatic heterocycles. The number of amides is 2. The number of rotatable bonds is 8. The summed E-state index contributed by atoms with van der Waals surface area (Å²) in [7, 11) is 3.18. The molecule has 1 atom stereocenters. The van der Waals surface area contributed by atoms with Crippen LogP contribution in [0.3, 0.4) is 0 Å². The first-order chi connectivity index (χ1) is 14.9. The van der Waals surface area contributed by atoms with Crippen LogP contribution in [0, 0.1) is 6.92 Å². The van der Waals surface area contributed by atoms with Gasteiger partial charge in [0.15, 0.2) is 0 Å². The lowest BCUT2D eigenvalue weighted by molar-refractivity contribution is -0.127. The molecule has 5 nitrogen and oxygen atoms in total. The van der Waals surface area contributed by atoms with E-state index in [-0.39, 0.29) is 17.6 Å². The second kappa shape index (κ2) is 10.7. The van der Waals surface area contributed by atoms with Crippen LogP contribution in [-0.2, 0) is 16.0 Å². The molecule has 0 heterocycles. The highest BCUT2D eigenvalue weighted by atomic mass is 79.9. The van der Waals surface area contributed by atoms with Gasteiger partial charge in [-0.05, 0) is 56.9 Å². The molecule has 0 aliphatic rings. The summed E-state index contributed by atoms with van der Waals surface area (Å²) in [4.78, 5) is 26.0. The van der Waals surface area contributed by atoms with Crippen molar-refractivity contribution in [2.45, 2.75) is 24.3 Å². The SMILES string of the molecule is CNC(=O)C(Cc1ccc(C)c(OC)c1)NC(=O)CSc1ccc2ccccc2c1Br. The van der Waals surface area contributed by atoms with Gasteiger partial charge in [-0.25, -0.2) is 0 Å². The Labute approximate surface area is 195 Å². The number of nitrogens with one attached hydrogen (secondary N) is 2. The van der Waals surface area contributed by atoms with Crippen LogP contribution in [-0.4, -0.2) is 37.8 Å². The number of hydrogen-bond acceptors (Lipinski definition) is 4. The fourth-order valence-corrected chi connectivity index (χ4v) is 4.92. The molecule has 0 bridgehead atoms. The Morgan fingerprint density at radius 1 is 1.13 bits per heavy atom. The molecule has 3 aromatic carbocycles. The van der Waals surface area contributed by atoms with Crippen molar-refractivity contribution in [1.29, 1.82) is 0 Å². The van der Waals surface area contributed by atoms with Crippen LogP contribution < -0.4 is 15.4 Å². The predicted octanol–water partition coefficient (Wildman–Crippen LogP) is 4.48. The summed E-state index contributed by atoms with van der Waals surface area (Å²) in [6, 6.07) is 17.3. The summed E-state index contributed by atoms with van der Waals surface area (Å²) in [5.41, 5.74) is 1.94. The van der Waals surface area contributed by atoms with Crippen molar-refractivity contribution < 1.29 is 14.3 Å². The molecule has 0 aromatic heterocycles. The Bertz CT molecular complexity index is 1100. The van der Waals surface area contributed by atoms with Crippen molar-refractivity contribution in [3.05, 3.63) is 70.2 Å². The molecular formula is C24H25BrN2O3S. The van der Waals surface area contributed by atoms with E-state index in [1.807, 2.05) is 55.5 Å². The minimum Gasteiger partial charge on any atom is -0.496 e. The Balaban J connectivity index is 1.67. The molecule has 1 unspecified atom stereocenters. The van der Waals surface area contributed by atoms with Crippen molar-refractivity contribution in [1.82, 2.24) is 10.6 Å². The number of carbonyl (C=O) groups excluding carboxylic acids is 2. The minimum absolute atomic E-state index is 0.197. The van der Waals surface area contributed by atoms with E-state index < -0.39 is 6.04 Å². The third-order valence-electron chi connectivity index (χ3n) is 5.00. The number of halogens is 1. The van der Waals surface area contributed by atoms with Crippen molar-refractivity contribution in [3.63, 3.8) is 0 Å². The van der Waals surface area contributed by atoms with E-state index in [2.05, 4.69) is 32.6 Å². The molecule has 0 radical (unpaired) electrons. The second-order valence-electron chi connectivity index (χ2n) is 7.13. The predicted molar refractivity (Wildman–Crippen MR) is 130 cm³/mol. The number of carbonyl (C=O) groups is 2. The minimum atomic E-state index is -0.662. The summed E-state index contributed by atoms with van der Waals surface area (Å²) in [5.74, 6) is 0.542. The van der Waals surface area contributed by atoms with Crippen LogP contribution in [0.15, 0.2) is 64.0 Å². The van der Waals surface area contributed by atoms with Gasteiger partial charge in [-0.1, -0.05) is 42.5 Å². The van der Waals surface area contributed by atoms with Gasteiger partial charge in [0, 0.05) is 22.8 Å². The Morgan fingerprint density at radius 2 is 1.90 bits per heavy atom. The van der Waals surface area contributed by atoms with Crippen LogP contribution in [0.25, 0.3) is 10.8 Å². The van der Waals surface area contributed by atoms with E-state index in [1.165, 1.54) is 11.8 Å². The maximum Gasteiger partial charge on any atom is 0.242 e. The topological polar surface area (TPSA) is 67.4 Å². The standard InChI is InChI=1S/C24H25BrN2O3S/c1-15-8-9-16(13-20(15)30-3)12-19(24(29)26-2)27-22(28)14-31-21-11-10-17-6-4-5-7-18(17)23(21)25/h4-11,13,19H,12,14H2,1-3H3,(H,26,29)(H,27,28). The lowest BCUT2D eigenvalue weighted by Crippen LogP contribution is -2.47. The third-order valence-corrected chi connectivity index (χ3v) is 7.17. The number of ether oxygens (including phenoxy) is 1. The van der Waals surface area contributed by atoms with Gasteiger partial charge >= 0.3 is 0 Å². The monoisotopic (exact) mass is 500 g/mol. The molecule has 0 saturated heterocycles. The normalized spacial score (nSPS) is 11.7. The Kier molecular flexibility index (Phi) is 7.98. The molecule has 31 heavy (non-hydrogen) atoms. The Hall–Kier alpha value is -2.51. The number of fused-ring (bicyclic) bond motifs is 1. The zero-order valence-electron chi connectivity index (χ0n) is 17.7. The van der Waals surface area contributed by atoms with Gasteiger partial charge in [-0.3, -0.25) is 9.59 Å². The quantitative estimate of drug-likeness (QED) is 0.447. The lowest BCUT2D eigenvalue weighted by Gasteiger charge is -2.18. The number of likely N-dealkylation sites (N-methyl/N-ethyl adjacent to an activating group) is 1. The average molecular weight is 501 g/mol. The second-order valence-corrected chi connectivity index (χ2v) is 8.94. The maximum atomic E-state index is 12.6. The number of methoxy groups -OCH3 is 1. The highest BCUT2D eigenvalue weighted by molar-refractivity contribution is 9.10. The van der Waals surface area contributed by atoms with E-state index in [0.29, 0.717) is 6.42 Å². The molecule has 2 amide bonds. The summed E-state index contributed by atoms with van der Waals surface area (Å²) < 4.78 is 6.34. The molecule has 7 heteroatoms. The average Bonchev–Trinajstić information content (AvgIpc) is 2.79. The van der Waals surface area contributed by atoms with Crippen molar-refractivity contribution in [2.75, 3.05) is 19.9 Å². The lowest BCUT2D eigenvalue weighted by atomic mass is 10.0. The number of thioether (sulfide) groups is 1. The van der Waals surface area contributed by atoms with Crippen LogP contribution in [0.5, 0.6) is 5.75 Å². The molecule has 0 saturated carbocycles. The van der Waals surface area contributed by atoms with Crippen LogP contribution in [0.2, 0.25) is 0 Å². The van der Waals surface area contributed by atoms with Crippen molar-refractivity contribution in [3.8, 4) is 5.75 Å². The van der Waals surface area contributed by atoms with E-state index in [1.54, 1.807) is 14.2 Å². The molecule has 0 aliphatic carbocycles. The van der Waals surface area contributed by atoms with Gasteiger partial charge in [0.2, 0.25) is 11.8 Å². The first-order valence-corrected chi connectivity index (χ1v) is 11.6. The van der Waals surface area contributed by atoms with E-state index >= 15 is 0 Å². The number of hydrogen-bond donors (Lipinski definition) is 2. The van der Waals surface area contributed by atoms with Gasteiger partial charge < -0.3 is 15.4 Å². The largest absolute Gasteiger partial charge is 0.496 e. The van der Waals surface area contributed by atoms with Gasteiger partial charge in [0.1, 0.15) is 11.8 Å². The molecule has 162 valence electrons. The summed E-state index contributed by atoms with van der Waals surface area (Å²) in [6.07, 6.45) is 0.381. The highest BCUT2D eigenvalue weighted by Crippen LogP contribution is 2.34. The van der Waals surface area contributed by atoms with Crippen LogP contribution >= 0.6 is 27.7 Å². The van der Waals surface area contributed by atoms with E-state index in [9.17, 15) is 9.59 Å². The maximum absolute atomic E-state index is 12.6. The summed E-state index contributed by atoms with van der Waals surface area (Å²) in [6.45, 7) is 1.96. The first kappa shape index (κ1) is 23.2. The van der Waals surface area contributed by atoms with E-state index in [4.69, 9.17) is 4.74 Å². The summed E-state index contributed by atoms with van der Waals surface area (Å²) >= 11 is 5.09. The Morgan fingerprint density at radius 3 is 2.65 bits per heavy atom. The van der Waals surface area contributed by atoms with Gasteiger partial charge in [0.25, 0.3) is 0 Å².